The van der Waals surface area contributed by atoms with Gasteiger partial charge in [-0.15, -0.1) is 0 Å². The van der Waals surface area contributed by atoms with E-state index in [1.807, 2.05) is 50.5 Å². The highest BCUT2D eigenvalue weighted by molar-refractivity contribution is 5.94. The van der Waals surface area contributed by atoms with Gasteiger partial charge in [0, 0.05) is 47.7 Å². The number of nitrogens with one attached hydrogen (secondary N) is 2. The van der Waals surface area contributed by atoms with E-state index in [-0.39, 0.29) is 0 Å². The topological polar surface area (TPSA) is 62.7 Å². The summed E-state index contributed by atoms with van der Waals surface area (Å²) < 4.78 is 0. The van der Waals surface area contributed by atoms with Crippen molar-refractivity contribution >= 4 is 28.2 Å². The van der Waals surface area contributed by atoms with Crippen LogP contribution in [0.3, 0.4) is 0 Å². The molecule has 0 atom stereocenters. The minimum Gasteiger partial charge on any atom is -0.357 e. The summed E-state index contributed by atoms with van der Waals surface area (Å²) in [5.41, 5.74) is 1.92. The zero-order valence-electron chi connectivity index (χ0n) is 11.4. The molecule has 2 heterocycles. The first-order valence-electron chi connectivity index (χ1n) is 6.39. The minimum absolute atomic E-state index is 0.606. The monoisotopic (exact) mass is 265 g/mol. The maximum absolute atomic E-state index is 4.41. The molecule has 0 fully saturated rings. The van der Waals surface area contributed by atoms with E-state index in [0.29, 0.717) is 5.95 Å². The van der Waals surface area contributed by atoms with Crippen LogP contribution >= 0.6 is 0 Å². The highest BCUT2D eigenvalue weighted by Gasteiger charge is 2.04. The lowest BCUT2D eigenvalue weighted by Gasteiger charge is -2.10. The summed E-state index contributed by atoms with van der Waals surface area (Å²) in [4.78, 5) is 12.8. The SMILES string of the molecule is CNc1nc(C)cc(Nc2cccc3cnccc23)n1. The Morgan fingerprint density at radius 2 is 2.00 bits per heavy atom. The summed E-state index contributed by atoms with van der Waals surface area (Å²) in [7, 11) is 1.81. The molecule has 1 aromatic carbocycles. The molecule has 20 heavy (non-hydrogen) atoms. The van der Waals surface area contributed by atoms with E-state index in [1.165, 1.54) is 0 Å². The second kappa shape index (κ2) is 5.13. The van der Waals surface area contributed by atoms with E-state index in [9.17, 15) is 0 Å². The number of hydrogen-bond acceptors (Lipinski definition) is 5. The van der Waals surface area contributed by atoms with Crippen molar-refractivity contribution in [2.24, 2.45) is 0 Å². The van der Waals surface area contributed by atoms with Crippen LogP contribution in [0.5, 0.6) is 0 Å². The van der Waals surface area contributed by atoms with Crippen LogP contribution in [-0.4, -0.2) is 22.0 Å². The average Bonchev–Trinajstić information content (AvgIpc) is 2.47. The lowest BCUT2D eigenvalue weighted by molar-refractivity contribution is 1.10. The maximum Gasteiger partial charge on any atom is 0.224 e. The highest BCUT2D eigenvalue weighted by Crippen LogP contribution is 2.25. The number of anilines is 3. The second-order valence-electron chi connectivity index (χ2n) is 4.50. The van der Waals surface area contributed by atoms with Gasteiger partial charge in [0.15, 0.2) is 0 Å². The summed E-state index contributed by atoms with van der Waals surface area (Å²) in [6.45, 7) is 1.95. The Hall–Kier alpha value is -2.69. The van der Waals surface area contributed by atoms with E-state index in [1.54, 1.807) is 6.20 Å². The van der Waals surface area contributed by atoms with Gasteiger partial charge < -0.3 is 10.6 Å². The first-order valence-corrected chi connectivity index (χ1v) is 6.39. The molecule has 0 amide bonds. The van der Waals surface area contributed by atoms with Gasteiger partial charge in [-0.1, -0.05) is 12.1 Å². The standard InChI is InChI=1S/C15H15N5/c1-10-8-14(20-15(16-2)18-10)19-13-5-3-4-11-9-17-7-6-12(11)13/h3-9H,1-2H3,(H2,16,18,19,20). The zero-order chi connectivity index (χ0) is 13.9. The summed E-state index contributed by atoms with van der Waals surface area (Å²) in [5, 5.41) is 8.51. The van der Waals surface area contributed by atoms with Crippen LogP contribution in [0.15, 0.2) is 42.7 Å². The molecule has 0 aliphatic heterocycles. The van der Waals surface area contributed by atoms with Crippen molar-refractivity contribution < 1.29 is 0 Å². The number of fused-ring (bicyclic) bond motifs is 1. The first-order chi connectivity index (χ1) is 9.76. The van der Waals surface area contributed by atoms with Crippen LogP contribution in [0.1, 0.15) is 5.69 Å². The van der Waals surface area contributed by atoms with Crippen LogP contribution in [0, 0.1) is 6.92 Å². The van der Waals surface area contributed by atoms with Gasteiger partial charge in [-0.2, -0.15) is 4.98 Å². The van der Waals surface area contributed by atoms with Crippen molar-refractivity contribution in [3.8, 4) is 0 Å². The molecular weight excluding hydrogens is 250 g/mol. The minimum atomic E-state index is 0.606. The molecular formula is C15H15N5. The van der Waals surface area contributed by atoms with Crippen molar-refractivity contribution in [2.45, 2.75) is 6.92 Å². The van der Waals surface area contributed by atoms with E-state index < -0.39 is 0 Å². The number of rotatable bonds is 3. The van der Waals surface area contributed by atoms with Crippen molar-refractivity contribution in [3.63, 3.8) is 0 Å². The van der Waals surface area contributed by atoms with Crippen LogP contribution in [-0.2, 0) is 0 Å². The molecule has 0 bridgehead atoms. The first kappa shape index (κ1) is 12.3. The zero-order valence-corrected chi connectivity index (χ0v) is 11.4. The number of pyridine rings is 1. The Morgan fingerprint density at radius 1 is 1.10 bits per heavy atom. The Morgan fingerprint density at radius 3 is 2.85 bits per heavy atom. The lowest BCUT2D eigenvalue weighted by Crippen LogP contribution is -2.02. The molecule has 0 saturated heterocycles. The van der Waals surface area contributed by atoms with Gasteiger partial charge in [-0.25, -0.2) is 4.98 Å². The molecule has 100 valence electrons. The molecule has 3 aromatic rings. The van der Waals surface area contributed by atoms with Crippen molar-refractivity contribution in [2.75, 3.05) is 17.7 Å². The molecule has 5 nitrogen and oxygen atoms in total. The number of aromatic nitrogens is 3. The molecule has 0 unspecified atom stereocenters. The molecule has 0 radical (unpaired) electrons. The average molecular weight is 265 g/mol. The summed E-state index contributed by atoms with van der Waals surface area (Å²) >= 11 is 0. The third-order valence-corrected chi connectivity index (χ3v) is 3.02. The Bertz CT molecular complexity index is 749. The highest BCUT2D eigenvalue weighted by atomic mass is 15.1. The number of nitrogens with zero attached hydrogens (tertiary/aromatic N) is 3. The second-order valence-corrected chi connectivity index (χ2v) is 4.50. The van der Waals surface area contributed by atoms with Crippen LogP contribution in [0.25, 0.3) is 10.8 Å². The van der Waals surface area contributed by atoms with E-state index in [0.717, 1.165) is 28.0 Å². The summed E-state index contributed by atoms with van der Waals surface area (Å²) in [6, 6.07) is 9.97. The fraction of sp³-hybridized carbons (Fsp3) is 0.133. The normalized spacial score (nSPS) is 10.5. The number of aryl methyl sites for hydroxylation is 1. The smallest absolute Gasteiger partial charge is 0.224 e. The number of benzene rings is 1. The van der Waals surface area contributed by atoms with E-state index >= 15 is 0 Å². The summed E-state index contributed by atoms with van der Waals surface area (Å²) in [6.07, 6.45) is 3.64. The van der Waals surface area contributed by atoms with E-state index in [4.69, 9.17) is 0 Å². The third-order valence-electron chi connectivity index (χ3n) is 3.02. The summed E-state index contributed by atoms with van der Waals surface area (Å²) in [5.74, 6) is 1.38. The molecule has 5 heteroatoms. The molecule has 0 aliphatic carbocycles. The molecule has 0 saturated carbocycles. The molecule has 0 spiro atoms. The predicted octanol–water partition coefficient (Wildman–Crippen LogP) is 3.12. The van der Waals surface area contributed by atoms with Gasteiger partial charge in [0.2, 0.25) is 5.95 Å². The van der Waals surface area contributed by atoms with Gasteiger partial charge in [0.1, 0.15) is 5.82 Å². The van der Waals surface area contributed by atoms with Gasteiger partial charge in [-0.05, 0) is 19.1 Å². The lowest BCUT2D eigenvalue weighted by atomic mass is 10.1. The fourth-order valence-corrected chi connectivity index (χ4v) is 2.11. The van der Waals surface area contributed by atoms with Crippen molar-refractivity contribution in [1.82, 2.24) is 15.0 Å². The van der Waals surface area contributed by atoms with Crippen LogP contribution in [0.2, 0.25) is 0 Å². The Kier molecular flexibility index (Phi) is 3.16. The fourth-order valence-electron chi connectivity index (χ4n) is 2.11. The Balaban J connectivity index is 2.03. The van der Waals surface area contributed by atoms with E-state index in [2.05, 4.69) is 25.6 Å². The Labute approximate surface area is 117 Å². The molecule has 2 N–H and O–H groups in total. The van der Waals surface area contributed by atoms with Gasteiger partial charge in [0.05, 0.1) is 0 Å². The van der Waals surface area contributed by atoms with Crippen LogP contribution < -0.4 is 10.6 Å². The maximum atomic E-state index is 4.41. The number of hydrogen-bond donors (Lipinski definition) is 2. The molecule has 0 aliphatic rings. The third kappa shape index (κ3) is 2.38. The largest absolute Gasteiger partial charge is 0.357 e. The predicted molar refractivity (Wildman–Crippen MR) is 81.3 cm³/mol. The van der Waals surface area contributed by atoms with Crippen LogP contribution in [0.4, 0.5) is 17.5 Å². The quantitative estimate of drug-likeness (QED) is 0.761. The molecule has 3 rings (SSSR count). The van der Waals surface area contributed by atoms with Gasteiger partial charge in [0.25, 0.3) is 0 Å². The van der Waals surface area contributed by atoms with Crippen molar-refractivity contribution in [1.29, 1.82) is 0 Å². The molecule has 2 aromatic heterocycles. The van der Waals surface area contributed by atoms with Gasteiger partial charge in [-0.3, -0.25) is 4.98 Å². The van der Waals surface area contributed by atoms with Gasteiger partial charge >= 0.3 is 0 Å². The van der Waals surface area contributed by atoms with Crippen molar-refractivity contribution in [3.05, 3.63) is 48.4 Å².